The molecule has 0 amide bonds. The number of benzene rings is 1. The van der Waals surface area contributed by atoms with Crippen molar-refractivity contribution in [1.82, 2.24) is 4.98 Å². The van der Waals surface area contributed by atoms with Gasteiger partial charge in [0.1, 0.15) is 4.90 Å². The Morgan fingerprint density at radius 2 is 2.05 bits per heavy atom. The topological polar surface area (TPSA) is 59.1 Å². The van der Waals surface area contributed by atoms with Gasteiger partial charge in [0.2, 0.25) is 0 Å². The highest BCUT2D eigenvalue weighted by atomic mass is 35.5. The van der Waals surface area contributed by atoms with E-state index < -0.39 is 10.0 Å². The lowest BCUT2D eigenvalue weighted by molar-refractivity contribution is 0.601. The minimum atomic E-state index is -3.59. The summed E-state index contributed by atoms with van der Waals surface area (Å²) in [6.07, 6.45) is 4.54. The third kappa shape index (κ3) is 3.95. The van der Waals surface area contributed by atoms with E-state index in [-0.39, 0.29) is 4.90 Å². The molecule has 0 bridgehead atoms. The van der Waals surface area contributed by atoms with Crippen molar-refractivity contribution in [3.63, 3.8) is 0 Å². The van der Waals surface area contributed by atoms with E-state index in [1.165, 1.54) is 18.5 Å². The van der Waals surface area contributed by atoms with Crippen molar-refractivity contribution >= 4 is 27.3 Å². The number of halogens is 1. The fourth-order valence-corrected chi connectivity index (χ4v) is 2.93. The fraction of sp³-hybridized carbons (Fsp3) is 0.214. The standard InChI is InChI=1S/C14H15ClN2O2S/c15-8-2-5-12-4-1-6-13(10-12)17-20(18,19)14-7-3-9-16-11-14/h1,3-4,6-7,9-11,17H,2,5,8H2. The Morgan fingerprint density at radius 1 is 1.20 bits per heavy atom. The van der Waals surface area contributed by atoms with Crippen molar-refractivity contribution in [1.29, 1.82) is 0 Å². The summed E-state index contributed by atoms with van der Waals surface area (Å²) in [6, 6.07) is 10.4. The first-order valence-corrected chi connectivity index (χ1v) is 8.21. The van der Waals surface area contributed by atoms with Crippen LogP contribution in [0.25, 0.3) is 0 Å². The predicted octanol–water partition coefficient (Wildman–Crippen LogP) is 3.05. The van der Waals surface area contributed by atoms with Crippen LogP contribution in [0, 0.1) is 0 Å². The summed E-state index contributed by atoms with van der Waals surface area (Å²) in [5.74, 6) is 0.589. The molecule has 1 aromatic carbocycles. The van der Waals surface area contributed by atoms with Crippen molar-refractivity contribution in [3.8, 4) is 0 Å². The summed E-state index contributed by atoms with van der Waals surface area (Å²) in [7, 11) is -3.59. The molecule has 4 nitrogen and oxygen atoms in total. The third-order valence-corrected chi connectivity index (χ3v) is 4.36. The van der Waals surface area contributed by atoms with Crippen LogP contribution in [0.3, 0.4) is 0 Å². The van der Waals surface area contributed by atoms with Crippen molar-refractivity contribution in [3.05, 3.63) is 54.4 Å². The van der Waals surface area contributed by atoms with Crippen molar-refractivity contribution in [2.24, 2.45) is 0 Å². The van der Waals surface area contributed by atoms with Crippen LogP contribution in [0.1, 0.15) is 12.0 Å². The lowest BCUT2D eigenvalue weighted by Gasteiger charge is -2.09. The monoisotopic (exact) mass is 310 g/mol. The Hall–Kier alpha value is -1.59. The lowest BCUT2D eigenvalue weighted by atomic mass is 10.1. The summed E-state index contributed by atoms with van der Waals surface area (Å²) in [4.78, 5) is 3.96. The number of hydrogen-bond donors (Lipinski definition) is 1. The molecule has 0 spiro atoms. The van der Waals surface area contributed by atoms with Crippen LogP contribution >= 0.6 is 11.6 Å². The molecule has 1 aromatic heterocycles. The van der Waals surface area contributed by atoms with Gasteiger partial charge in [0.25, 0.3) is 10.0 Å². The van der Waals surface area contributed by atoms with Gasteiger partial charge in [0, 0.05) is 24.0 Å². The molecular weight excluding hydrogens is 296 g/mol. The van der Waals surface area contributed by atoms with E-state index in [2.05, 4.69) is 9.71 Å². The number of rotatable bonds is 6. The molecule has 1 N–H and O–H groups in total. The Morgan fingerprint density at radius 3 is 2.75 bits per heavy atom. The van der Waals surface area contributed by atoms with E-state index in [1.54, 1.807) is 12.1 Å². The molecule has 2 rings (SSSR count). The molecule has 0 saturated heterocycles. The number of aryl methyl sites for hydroxylation is 1. The zero-order chi connectivity index (χ0) is 14.4. The number of hydrogen-bond acceptors (Lipinski definition) is 3. The normalized spacial score (nSPS) is 11.2. The quantitative estimate of drug-likeness (QED) is 0.834. The van der Waals surface area contributed by atoms with Crippen LogP contribution in [0.15, 0.2) is 53.7 Å². The molecule has 0 radical (unpaired) electrons. The molecule has 1 heterocycles. The van der Waals surface area contributed by atoms with E-state index in [4.69, 9.17) is 11.6 Å². The van der Waals surface area contributed by atoms with Gasteiger partial charge >= 0.3 is 0 Å². The van der Waals surface area contributed by atoms with E-state index in [0.717, 1.165) is 18.4 Å². The molecule has 0 aliphatic rings. The van der Waals surface area contributed by atoms with Crippen LogP contribution in [0.2, 0.25) is 0 Å². The second-order valence-corrected chi connectivity index (χ2v) is 6.35. The van der Waals surface area contributed by atoms with Gasteiger partial charge in [0.05, 0.1) is 0 Å². The number of sulfonamides is 1. The first kappa shape index (κ1) is 14.8. The first-order chi connectivity index (χ1) is 9.62. The van der Waals surface area contributed by atoms with Gasteiger partial charge in [-0.3, -0.25) is 9.71 Å². The van der Waals surface area contributed by atoms with Crippen LogP contribution in [0.4, 0.5) is 5.69 Å². The van der Waals surface area contributed by atoms with Gasteiger partial charge in [-0.1, -0.05) is 12.1 Å². The predicted molar refractivity (Wildman–Crippen MR) is 80.5 cm³/mol. The van der Waals surface area contributed by atoms with Gasteiger partial charge in [-0.05, 0) is 42.7 Å². The molecule has 0 unspecified atom stereocenters. The lowest BCUT2D eigenvalue weighted by Crippen LogP contribution is -2.13. The number of nitrogens with zero attached hydrogens (tertiary/aromatic N) is 1. The van der Waals surface area contributed by atoms with Crippen LogP contribution in [-0.4, -0.2) is 19.3 Å². The average molecular weight is 311 g/mol. The van der Waals surface area contributed by atoms with Crippen LogP contribution in [-0.2, 0) is 16.4 Å². The Labute approximate surface area is 123 Å². The van der Waals surface area contributed by atoms with Crippen molar-refractivity contribution in [2.45, 2.75) is 17.7 Å². The molecule has 106 valence electrons. The number of aromatic nitrogens is 1. The summed E-state index contributed by atoms with van der Waals surface area (Å²) in [5.41, 5.74) is 1.60. The van der Waals surface area contributed by atoms with Gasteiger partial charge in [0.15, 0.2) is 0 Å². The highest BCUT2D eigenvalue weighted by molar-refractivity contribution is 7.92. The highest BCUT2D eigenvalue weighted by Crippen LogP contribution is 2.17. The Kier molecular flexibility index (Phi) is 4.98. The maximum Gasteiger partial charge on any atom is 0.263 e. The summed E-state index contributed by atoms with van der Waals surface area (Å²) in [6.45, 7) is 0. The molecular formula is C14H15ClN2O2S. The van der Waals surface area contributed by atoms with Crippen molar-refractivity contribution < 1.29 is 8.42 Å². The molecule has 2 aromatic rings. The van der Waals surface area contributed by atoms with Crippen molar-refractivity contribution in [2.75, 3.05) is 10.6 Å². The molecule has 20 heavy (non-hydrogen) atoms. The molecule has 0 saturated carbocycles. The van der Waals surface area contributed by atoms with Gasteiger partial charge < -0.3 is 0 Å². The van der Waals surface area contributed by atoms with E-state index in [9.17, 15) is 8.42 Å². The van der Waals surface area contributed by atoms with Crippen LogP contribution < -0.4 is 4.72 Å². The third-order valence-electron chi connectivity index (χ3n) is 2.72. The van der Waals surface area contributed by atoms with E-state index in [1.807, 2.05) is 18.2 Å². The minimum absolute atomic E-state index is 0.145. The van der Waals surface area contributed by atoms with Crippen LogP contribution in [0.5, 0.6) is 0 Å². The summed E-state index contributed by atoms with van der Waals surface area (Å²) >= 11 is 5.66. The second kappa shape index (κ2) is 6.72. The maximum atomic E-state index is 12.2. The number of nitrogens with one attached hydrogen (secondary N) is 1. The highest BCUT2D eigenvalue weighted by Gasteiger charge is 2.13. The van der Waals surface area contributed by atoms with E-state index >= 15 is 0 Å². The molecule has 0 atom stereocenters. The zero-order valence-electron chi connectivity index (χ0n) is 10.8. The molecule has 0 aliphatic carbocycles. The zero-order valence-corrected chi connectivity index (χ0v) is 12.4. The fourth-order valence-electron chi connectivity index (χ4n) is 1.78. The maximum absolute atomic E-state index is 12.2. The summed E-state index contributed by atoms with van der Waals surface area (Å²) < 4.78 is 26.9. The van der Waals surface area contributed by atoms with Gasteiger partial charge in [-0.25, -0.2) is 8.42 Å². The number of anilines is 1. The number of pyridine rings is 1. The van der Waals surface area contributed by atoms with Gasteiger partial charge in [-0.15, -0.1) is 11.6 Å². The largest absolute Gasteiger partial charge is 0.280 e. The van der Waals surface area contributed by atoms with E-state index in [0.29, 0.717) is 11.6 Å². The Balaban J connectivity index is 2.17. The average Bonchev–Trinajstić information content (AvgIpc) is 2.46. The Bertz CT molecular complexity index is 660. The molecule has 6 heteroatoms. The minimum Gasteiger partial charge on any atom is -0.280 e. The SMILES string of the molecule is O=S(=O)(Nc1cccc(CCCCl)c1)c1cccnc1. The smallest absolute Gasteiger partial charge is 0.263 e. The summed E-state index contributed by atoms with van der Waals surface area (Å²) in [5, 5.41) is 0. The first-order valence-electron chi connectivity index (χ1n) is 6.19. The van der Waals surface area contributed by atoms with Gasteiger partial charge in [-0.2, -0.15) is 0 Å². The molecule has 0 aliphatic heterocycles. The second-order valence-electron chi connectivity index (χ2n) is 4.29. The number of alkyl halides is 1. The molecule has 0 fully saturated rings.